The van der Waals surface area contributed by atoms with Crippen LogP contribution in [0.4, 0.5) is 18.9 Å². The molecule has 35 heavy (non-hydrogen) atoms. The Balaban J connectivity index is 1.28. The van der Waals surface area contributed by atoms with E-state index in [1.807, 2.05) is 30.3 Å². The van der Waals surface area contributed by atoms with Crippen LogP contribution in [0, 0.1) is 0 Å². The van der Waals surface area contributed by atoms with Gasteiger partial charge in [0.25, 0.3) is 0 Å². The number of rotatable bonds is 5. The van der Waals surface area contributed by atoms with Crippen LogP contribution in [0.2, 0.25) is 0 Å². The van der Waals surface area contributed by atoms with Crippen molar-refractivity contribution in [2.45, 2.75) is 37.1 Å². The van der Waals surface area contributed by atoms with Gasteiger partial charge >= 0.3 is 6.18 Å². The fourth-order valence-corrected chi connectivity index (χ4v) is 5.24. The molecule has 0 amide bonds. The van der Waals surface area contributed by atoms with Crippen LogP contribution >= 0.6 is 0 Å². The van der Waals surface area contributed by atoms with Crippen LogP contribution in [0.5, 0.6) is 5.75 Å². The predicted octanol–water partition coefficient (Wildman–Crippen LogP) is 5.40. The number of nitrogens with zero attached hydrogens (tertiary/aromatic N) is 3. The molecule has 2 aromatic carbocycles. The highest BCUT2D eigenvalue weighted by Crippen LogP contribution is 2.57. The lowest BCUT2D eigenvalue weighted by atomic mass is 9.74. The summed E-state index contributed by atoms with van der Waals surface area (Å²) < 4.78 is 56.2. The lowest BCUT2D eigenvalue weighted by Gasteiger charge is -2.55. The molecule has 9 heteroatoms. The molecule has 2 aliphatic rings. The second kappa shape index (κ2) is 7.71. The van der Waals surface area contributed by atoms with Gasteiger partial charge in [-0.05, 0) is 36.8 Å². The topological polar surface area (TPSA) is 61.2 Å². The van der Waals surface area contributed by atoms with Crippen LogP contribution in [-0.4, -0.2) is 39.7 Å². The molecule has 0 radical (unpaired) electrons. The minimum absolute atomic E-state index is 0.206. The zero-order valence-electron chi connectivity index (χ0n) is 19.0. The Hall–Kier alpha value is -3.59. The third-order valence-electron chi connectivity index (χ3n) is 6.93. The molecule has 2 atom stereocenters. The average molecular weight is 480 g/mol. The minimum Gasteiger partial charge on any atom is -0.493 e. The highest BCUT2D eigenvalue weighted by Gasteiger charge is 2.68. The van der Waals surface area contributed by atoms with Gasteiger partial charge in [-0.3, -0.25) is 4.98 Å². The monoisotopic (exact) mass is 480 g/mol. The van der Waals surface area contributed by atoms with Crippen LogP contribution in [0.25, 0.3) is 16.6 Å². The van der Waals surface area contributed by atoms with Gasteiger partial charge in [0.15, 0.2) is 5.60 Å². The van der Waals surface area contributed by atoms with E-state index < -0.39 is 23.9 Å². The van der Waals surface area contributed by atoms with Gasteiger partial charge in [-0.1, -0.05) is 24.3 Å². The number of hydrogen-bond donors (Lipinski definition) is 1. The van der Waals surface area contributed by atoms with Crippen molar-refractivity contribution in [3.8, 4) is 11.4 Å². The number of benzene rings is 2. The largest absolute Gasteiger partial charge is 0.493 e. The van der Waals surface area contributed by atoms with E-state index in [-0.39, 0.29) is 6.42 Å². The van der Waals surface area contributed by atoms with Gasteiger partial charge in [0.1, 0.15) is 5.75 Å². The van der Waals surface area contributed by atoms with Gasteiger partial charge in [0.05, 0.1) is 36.2 Å². The average Bonchev–Trinajstić information content (AvgIpc) is 3.48. The summed E-state index contributed by atoms with van der Waals surface area (Å²) in [5.74, 6) is 0.659. The first-order valence-electron chi connectivity index (χ1n) is 11.4. The fraction of sp³-hybridized carbons (Fsp3) is 0.308. The van der Waals surface area contributed by atoms with Crippen LogP contribution in [0.3, 0.4) is 0 Å². The number of aromatic nitrogens is 3. The molecule has 0 aliphatic carbocycles. The molecule has 0 saturated carbocycles. The molecule has 0 spiro atoms. The smallest absolute Gasteiger partial charge is 0.419 e. The maximum Gasteiger partial charge on any atom is 0.419 e. The number of ether oxygens (including phenoxy) is 2. The third-order valence-corrected chi connectivity index (χ3v) is 6.93. The van der Waals surface area contributed by atoms with E-state index >= 15 is 0 Å². The van der Waals surface area contributed by atoms with Gasteiger partial charge in [-0.15, -0.1) is 0 Å². The number of hydrogen-bond acceptors (Lipinski definition) is 5. The molecule has 2 aliphatic heterocycles. The molecule has 2 unspecified atom stereocenters. The van der Waals surface area contributed by atoms with E-state index in [0.717, 1.165) is 28.6 Å². The van der Waals surface area contributed by atoms with E-state index in [9.17, 15) is 13.2 Å². The Bertz CT molecular complexity index is 1390. The van der Waals surface area contributed by atoms with Gasteiger partial charge in [0, 0.05) is 41.9 Å². The number of fused-ring (bicyclic) bond motifs is 2. The Morgan fingerprint density at radius 1 is 1.09 bits per heavy atom. The fourth-order valence-electron chi connectivity index (χ4n) is 5.24. The van der Waals surface area contributed by atoms with E-state index in [4.69, 9.17) is 9.47 Å². The third kappa shape index (κ3) is 3.44. The Labute approximate surface area is 199 Å². The maximum absolute atomic E-state index is 14.3. The van der Waals surface area contributed by atoms with Crippen molar-refractivity contribution in [3.63, 3.8) is 0 Å². The molecule has 2 aromatic heterocycles. The van der Waals surface area contributed by atoms with E-state index in [0.29, 0.717) is 23.6 Å². The zero-order valence-corrected chi connectivity index (χ0v) is 19.0. The molecule has 4 heterocycles. The van der Waals surface area contributed by atoms with Crippen molar-refractivity contribution >= 4 is 16.6 Å². The molecular weight excluding hydrogens is 457 g/mol. The van der Waals surface area contributed by atoms with Crippen molar-refractivity contribution in [2.75, 3.05) is 18.5 Å². The summed E-state index contributed by atoms with van der Waals surface area (Å²) >= 11 is 0. The van der Waals surface area contributed by atoms with E-state index in [1.165, 1.54) is 0 Å². The number of anilines is 1. The highest BCUT2D eigenvalue weighted by atomic mass is 19.4. The molecular formula is C26H23F3N4O2. The summed E-state index contributed by atoms with van der Waals surface area (Å²) in [6, 6.07) is 14.6. The van der Waals surface area contributed by atoms with Crippen molar-refractivity contribution in [1.29, 1.82) is 0 Å². The Kier molecular flexibility index (Phi) is 4.83. The van der Waals surface area contributed by atoms with E-state index in [2.05, 4.69) is 15.4 Å². The first kappa shape index (κ1) is 21.9. The minimum atomic E-state index is -4.55. The zero-order chi connectivity index (χ0) is 24.3. The second-order valence-electron chi connectivity index (χ2n) is 9.25. The number of halogens is 3. The molecule has 0 bridgehead atoms. The summed E-state index contributed by atoms with van der Waals surface area (Å²) in [6.45, 7) is 1.82. The quantitative estimate of drug-likeness (QED) is 0.414. The second-order valence-corrected chi connectivity index (χ2v) is 9.25. The SMILES string of the molecule is CC1(c2cccc3c2OCC3)CC(CNc2cccc3c2cnn3-c2ccncc2)(C(F)(F)F)O1. The van der Waals surface area contributed by atoms with Gasteiger partial charge in [0.2, 0.25) is 0 Å². The molecule has 1 saturated heterocycles. The van der Waals surface area contributed by atoms with Crippen molar-refractivity contribution in [1.82, 2.24) is 14.8 Å². The predicted molar refractivity (Wildman–Crippen MR) is 125 cm³/mol. The van der Waals surface area contributed by atoms with Gasteiger partial charge in [-0.2, -0.15) is 18.3 Å². The maximum atomic E-state index is 14.3. The molecule has 180 valence electrons. The van der Waals surface area contributed by atoms with Gasteiger partial charge < -0.3 is 14.8 Å². The number of nitrogens with one attached hydrogen (secondary N) is 1. The van der Waals surface area contributed by atoms with Crippen LogP contribution in [-0.2, 0) is 16.8 Å². The van der Waals surface area contributed by atoms with Gasteiger partial charge in [-0.25, -0.2) is 4.68 Å². The first-order chi connectivity index (χ1) is 16.8. The Morgan fingerprint density at radius 2 is 1.86 bits per heavy atom. The van der Waals surface area contributed by atoms with Crippen LogP contribution in [0.1, 0.15) is 24.5 Å². The number of alkyl halides is 3. The summed E-state index contributed by atoms with van der Waals surface area (Å²) in [5.41, 5.74) is 0.444. The summed E-state index contributed by atoms with van der Waals surface area (Å²) in [6.07, 6.45) is 0.972. The standard InChI is InChI=1S/C26H23F3N4O2/c1-24(20-5-2-4-17-10-13-34-23(17)20)15-25(35-24,26(27,28)29)16-31-21-6-3-7-22-19(21)14-32-33(22)18-8-11-30-12-9-18/h2-9,11-12,14,31H,10,13,15-16H2,1H3. The molecule has 4 aromatic rings. The summed E-state index contributed by atoms with van der Waals surface area (Å²) in [4.78, 5) is 4.02. The number of pyridine rings is 1. The summed E-state index contributed by atoms with van der Waals surface area (Å²) in [5, 5.41) is 8.15. The van der Waals surface area contributed by atoms with Crippen molar-refractivity contribution in [2.24, 2.45) is 0 Å². The molecule has 1 fully saturated rings. The molecule has 1 N–H and O–H groups in total. The molecule has 6 nitrogen and oxygen atoms in total. The van der Waals surface area contributed by atoms with Crippen molar-refractivity contribution in [3.05, 3.63) is 78.2 Å². The Morgan fingerprint density at radius 3 is 2.63 bits per heavy atom. The highest BCUT2D eigenvalue weighted by molar-refractivity contribution is 5.92. The van der Waals surface area contributed by atoms with Crippen LogP contribution < -0.4 is 10.1 Å². The summed E-state index contributed by atoms with van der Waals surface area (Å²) in [7, 11) is 0. The molecule has 6 rings (SSSR count). The van der Waals surface area contributed by atoms with Crippen molar-refractivity contribution < 1.29 is 22.6 Å². The lowest BCUT2D eigenvalue weighted by Crippen LogP contribution is -2.67. The number of para-hydroxylation sites is 1. The normalized spacial score (nSPS) is 23.5. The van der Waals surface area contributed by atoms with E-state index in [1.54, 1.807) is 48.4 Å². The van der Waals surface area contributed by atoms with Crippen LogP contribution in [0.15, 0.2) is 67.1 Å². The first-order valence-corrected chi connectivity index (χ1v) is 11.4. The lowest BCUT2D eigenvalue weighted by molar-refractivity contribution is -0.380.